The van der Waals surface area contributed by atoms with Crippen LogP contribution in [0.3, 0.4) is 0 Å². The van der Waals surface area contributed by atoms with Gasteiger partial charge >= 0.3 is 0 Å². The van der Waals surface area contributed by atoms with E-state index in [9.17, 15) is 0 Å². The number of hydroxylamine groups is 1. The van der Waals surface area contributed by atoms with Gasteiger partial charge in [0.25, 0.3) is 0 Å². The molecule has 0 amide bonds. The van der Waals surface area contributed by atoms with Gasteiger partial charge in [0.15, 0.2) is 0 Å². The molecule has 0 aromatic carbocycles. The first-order valence-corrected chi connectivity index (χ1v) is 2.80. The van der Waals surface area contributed by atoms with Crippen molar-refractivity contribution in [2.45, 2.75) is 0 Å². The second-order valence-electron chi connectivity index (χ2n) is 1.73. The predicted octanol–water partition coefficient (Wildman–Crippen LogP) is 1.15. The molecule has 0 unspecified atom stereocenters. The number of allylic oxidation sites excluding steroid dienone is 2. The summed E-state index contributed by atoms with van der Waals surface area (Å²) < 4.78 is 0. The van der Waals surface area contributed by atoms with Crippen molar-refractivity contribution in [3.8, 4) is 0 Å². The lowest BCUT2D eigenvalue weighted by Crippen LogP contribution is -2.04. The third-order valence-corrected chi connectivity index (χ3v) is 1.02. The van der Waals surface area contributed by atoms with Gasteiger partial charge in [-0.3, -0.25) is 0 Å². The first-order chi connectivity index (χ1) is 4.43. The van der Waals surface area contributed by atoms with E-state index in [0.717, 1.165) is 12.1 Å². The van der Waals surface area contributed by atoms with Gasteiger partial charge < -0.3 is 4.84 Å². The maximum Gasteiger partial charge on any atom is 0.115 e. The minimum atomic E-state index is 0.782. The summed E-state index contributed by atoms with van der Waals surface area (Å²) in [6.45, 7) is 4.33. The van der Waals surface area contributed by atoms with Crippen molar-refractivity contribution >= 4 is 0 Å². The molecule has 0 saturated heterocycles. The van der Waals surface area contributed by atoms with Crippen LogP contribution in [0.1, 0.15) is 0 Å². The molecule has 0 spiro atoms. The number of rotatable bonds is 2. The first kappa shape index (κ1) is 6.11. The van der Waals surface area contributed by atoms with E-state index in [0.29, 0.717) is 0 Å². The summed E-state index contributed by atoms with van der Waals surface area (Å²) in [7, 11) is 0. The van der Waals surface area contributed by atoms with Gasteiger partial charge in [0.1, 0.15) is 6.26 Å². The minimum Gasteiger partial charge on any atom is -0.416 e. The van der Waals surface area contributed by atoms with Crippen molar-refractivity contribution in [3.63, 3.8) is 0 Å². The van der Waals surface area contributed by atoms with Gasteiger partial charge in [-0.15, -0.1) is 0 Å². The average Bonchev–Trinajstić information content (AvgIpc) is 2.34. The van der Waals surface area contributed by atoms with Crippen LogP contribution in [0.2, 0.25) is 0 Å². The Bertz CT molecular complexity index is 158. The van der Waals surface area contributed by atoms with Crippen LogP contribution in [0.4, 0.5) is 0 Å². The highest BCUT2D eigenvalue weighted by Gasteiger charge is 1.98. The fourth-order valence-corrected chi connectivity index (χ4v) is 0.574. The van der Waals surface area contributed by atoms with Crippen LogP contribution in [0.25, 0.3) is 0 Å². The van der Waals surface area contributed by atoms with E-state index in [1.807, 2.05) is 12.2 Å². The highest BCUT2D eigenvalue weighted by Crippen LogP contribution is 2.00. The van der Waals surface area contributed by atoms with E-state index in [-0.39, 0.29) is 0 Å². The molecular formula is C7H9NO. The van der Waals surface area contributed by atoms with Crippen LogP contribution in [0.15, 0.2) is 36.6 Å². The molecular weight excluding hydrogens is 114 g/mol. The molecule has 0 aromatic heterocycles. The van der Waals surface area contributed by atoms with Crippen molar-refractivity contribution in [3.05, 3.63) is 36.6 Å². The Labute approximate surface area is 54.5 Å². The van der Waals surface area contributed by atoms with Gasteiger partial charge in [-0.1, -0.05) is 24.8 Å². The Morgan fingerprint density at radius 2 is 2.67 bits per heavy atom. The second-order valence-corrected chi connectivity index (χ2v) is 1.73. The van der Waals surface area contributed by atoms with Crippen LogP contribution < -0.4 is 5.48 Å². The molecule has 48 valence electrons. The van der Waals surface area contributed by atoms with Crippen molar-refractivity contribution in [1.29, 1.82) is 0 Å². The van der Waals surface area contributed by atoms with E-state index in [2.05, 4.69) is 12.1 Å². The smallest absolute Gasteiger partial charge is 0.115 e. The van der Waals surface area contributed by atoms with Crippen molar-refractivity contribution in [2.75, 3.05) is 6.54 Å². The van der Waals surface area contributed by atoms with Gasteiger partial charge in [0.05, 0.1) is 6.54 Å². The normalized spacial score (nSPS) is 17.6. The minimum absolute atomic E-state index is 0.782. The molecule has 1 N–H and O–H groups in total. The quantitative estimate of drug-likeness (QED) is 0.556. The Hall–Kier alpha value is -1.02. The van der Waals surface area contributed by atoms with Gasteiger partial charge in [0, 0.05) is 5.57 Å². The van der Waals surface area contributed by atoms with Crippen molar-refractivity contribution < 1.29 is 4.84 Å². The largest absolute Gasteiger partial charge is 0.416 e. The molecule has 1 aliphatic heterocycles. The lowest BCUT2D eigenvalue weighted by molar-refractivity contribution is 0.168. The van der Waals surface area contributed by atoms with Crippen LogP contribution in [-0.2, 0) is 4.84 Å². The monoisotopic (exact) mass is 123 g/mol. The van der Waals surface area contributed by atoms with Crippen molar-refractivity contribution in [2.24, 2.45) is 0 Å². The topological polar surface area (TPSA) is 21.3 Å². The predicted molar refractivity (Wildman–Crippen MR) is 36.5 cm³/mol. The molecule has 0 fully saturated rings. The fraction of sp³-hybridized carbons (Fsp3) is 0.143. The summed E-state index contributed by atoms with van der Waals surface area (Å²) in [5, 5.41) is 0. The Balaban J connectivity index is 2.42. The van der Waals surface area contributed by atoms with Crippen LogP contribution in [-0.4, -0.2) is 6.54 Å². The summed E-state index contributed by atoms with van der Waals surface area (Å²) in [5.41, 5.74) is 3.84. The van der Waals surface area contributed by atoms with E-state index >= 15 is 0 Å². The average molecular weight is 123 g/mol. The van der Waals surface area contributed by atoms with Crippen LogP contribution >= 0.6 is 0 Å². The molecule has 1 heterocycles. The van der Waals surface area contributed by atoms with Gasteiger partial charge in [0.2, 0.25) is 0 Å². The summed E-state index contributed by atoms with van der Waals surface area (Å²) in [6, 6.07) is 0. The molecule has 9 heavy (non-hydrogen) atoms. The van der Waals surface area contributed by atoms with E-state index in [1.165, 1.54) is 0 Å². The molecule has 1 rings (SSSR count). The van der Waals surface area contributed by atoms with Crippen molar-refractivity contribution in [1.82, 2.24) is 5.48 Å². The fourth-order valence-electron chi connectivity index (χ4n) is 0.574. The number of nitrogens with one attached hydrogen (secondary N) is 1. The molecule has 0 radical (unpaired) electrons. The van der Waals surface area contributed by atoms with E-state index < -0.39 is 0 Å². The summed E-state index contributed by atoms with van der Waals surface area (Å²) in [5.74, 6) is 0. The highest BCUT2D eigenvalue weighted by molar-refractivity contribution is 5.22. The van der Waals surface area contributed by atoms with Gasteiger partial charge in [-0.25, -0.2) is 0 Å². The lowest BCUT2D eigenvalue weighted by Gasteiger charge is -1.85. The molecule has 0 bridgehead atoms. The van der Waals surface area contributed by atoms with Gasteiger partial charge in [-0.05, 0) is 0 Å². The SMILES string of the molecule is C=CC=CC1=CONC1. The summed E-state index contributed by atoms with van der Waals surface area (Å²) >= 11 is 0. The standard InChI is InChI=1S/C7H9NO/c1-2-3-4-7-5-8-9-6-7/h2-4,6,8H,1,5H2. The highest BCUT2D eigenvalue weighted by atomic mass is 16.6. The zero-order chi connectivity index (χ0) is 6.53. The zero-order valence-corrected chi connectivity index (χ0v) is 5.13. The van der Waals surface area contributed by atoms with Gasteiger partial charge in [-0.2, -0.15) is 5.48 Å². The number of hydrogen-bond acceptors (Lipinski definition) is 2. The molecule has 0 aliphatic carbocycles. The summed E-state index contributed by atoms with van der Waals surface area (Å²) in [6.07, 6.45) is 7.24. The molecule has 0 aromatic rings. The van der Waals surface area contributed by atoms with Crippen LogP contribution in [0, 0.1) is 0 Å². The maximum atomic E-state index is 4.76. The van der Waals surface area contributed by atoms with Crippen LogP contribution in [0.5, 0.6) is 0 Å². The zero-order valence-electron chi connectivity index (χ0n) is 5.13. The Kier molecular flexibility index (Phi) is 2.10. The molecule has 1 aliphatic rings. The molecule has 0 atom stereocenters. The third kappa shape index (κ3) is 1.74. The lowest BCUT2D eigenvalue weighted by atomic mass is 10.3. The Morgan fingerprint density at radius 3 is 3.22 bits per heavy atom. The Morgan fingerprint density at radius 1 is 1.78 bits per heavy atom. The summed E-state index contributed by atoms with van der Waals surface area (Å²) in [4.78, 5) is 4.76. The molecule has 0 saturated carbocycles. The molecule has 2 nitrogen and oxygen atoms in total. The van der Waals surface area contributed by atoms with E-state index in [4.69, 9.17) is 4.84 Å². The maximum absolute atomic E-state index is 4.76. The second kappa shape index (κ2) is 3.10. The first-order valence-electron chi connectivity index (χ1n) is 2.80. The number of hydrogen-bond donors (Lipinski definition) is 1. The van der Waals surface area contributed by atoms with E-state index in [1.54, 1.807) is 12.3 Å². The third-order valence-electron chi connectivity index (χ3n) is 1.02. The molecule has 2 heteroatoms.